The summed E-state index contributed by atoms with van der Waals surface area (Å²) in [5, 5.41) is 3.55. The lowest BCUT2D eigenvalue weighted by Crippen LogP contribution is -2.51. The van der Waals surface area contributed by atoms with Gasteiger partial charge < -0.3 is 9.64 Å². The van der Waals surface area contributed by atoms with Gasteiger partial charge in [-0.25, -0.2) is 0 Å². The van der Waals surface area contributed by atoms with Crippen molar-refractivity contribution in [2.24, 2.45) is 11.8 Å². The fourth-order valence-electron chi connectivity index (χ4n) is 3.90. The molecule has 1 N–H and O–H groups in total. The quantitative estimate of drug-likeness (QED) is 0.846. The number of fused-ring (bicyclic) bond motifs is 2. The van der Waals surface area contributed by atoms with Crippen LogP contribution in [0.15, 0.2) is 0 Å². The van der Waals surface area contributed by atoms with E-state index in [1.54, 1.807) is 0 Å². The zero-order valence-corrected chi connectivity index (χ0v) is 12.4. The van der Waals surface area contributed by atoms with Crippen LogP contribution in [0.3, 0.4) is 0 Å². The fraction of sp³-hybridized carbons (Fsp3) is 0.933. The molecule has 1 amide bonds. The third-order valence-electron chi connectivity index (χ3n) is 4.90. The van der Waals surface area contributed by atoms with Gasteiger partial charge in [0.25, 0.3) is 0 Å². The lowest BCUT2D eigenvalue weighted by atomic mass is 9.93. The van der Waals surface area contributed by atoms with Crippen molar-refractivity contribution in [3.05, 3.63) is 0 Å². The summed E-state index contributed by atoms with van der Waals surface area (Å²) in [5.74, 6) is 1.07. The van der Waals surface area contributed by atoms with Gasteiger partial charge in [0.2, 0.25) is 5.91 Å². The summed E-state index contributed by atoms with van der Waals surface area (Å²) in [6.45, 7) is 8.62. The van der Waals surface area contributed by atoms with Crippen LogP contribution in [0.4, 0.5) is 0 Å². The molecule has 0 radical (unpaired) electrons. The Morgan fingerprint density at radius 2 is 1.95 bits per heavy atom. The molecule has 3 fully saturated rings. The number of hydrogen-bond donors (Lipinski definition) is 1. The van der Waals surface area contributed by atoms with E-state index in [1.807, 2.05) is 0 Å². The summed E-state index contributed by atoms with van der Waals surface area (Å²) >= 11 is 0. The van der Waals surface area contributed by atoms with E-state index in [4.69, 9.17) is 4.74 Å². The minimum Gasteiger partial charge on any atom is -0.373 e. The van der Waals surface area contributed by atoms with Crippen LogP contribution in [-0.2, 0) is 9.53 Å². The largest absolute Gasteiger partial charge is 0.373 e. The molecule has 0 aromatic rings. The third-order valence-corrected chi connectivity index (χ3v) is 4.90. The van der Waals surface area contributed by atoms with E-state index >= 15 is 0 Å². The minimum absolute atomic E-state index is 0.0217. The first-order valence-corrected chi connectivity index (χ1v) is 7.72. The van der Waals surface area contributed by atoms with Gasteiger partial charge in [0.1, 0.15) is 0 Å². The predicted octanol–water partition coefficient (Wildman–Crippen LogP) is 1.74. The number of nitrogens with zero attached hydrogens (tertiary/aromatic N) is 1. The number of hydrogen-bond acceptors (Lipinski definition) is 3. The molecule has 0 aliphatic carbocycles. The Morgan fingerprint density at radius 1 is 1.21 bits per heavy atom. The highest BCUT2D eigenvalue weighted by molar-refractivity contribution is 5.85. The van der Waals surface area contributed by atoms with Crippen molar-refractivity contribution in [1.82, 2.24) is 10.2 Å². The molecule has 108 valence electrons. The molecule has 4 heteroatoms. The van der Waals surface area contributed by atoms with E-state index in [0.29, 0.717) is 24.0 Å². The smallest absolute Gasteiger partial charge is 0.241 e. The molecule has 5 atom stereocenters. The van der Waals surface area contributed by atoms with Crippen molar-refractivity contribution in [3.63, 3.8) is 0 Å². The number of ether oxygens (including phenoxy) is 1. The van der Waals surface area contributed by atoms with Crippen molar-refractivity contribution < 1.29 is 9.53 Å². The lowest BCUT2D eigenvalue weighted by molar-refractivity contribution is -0.134. The van der Waals surface area contributed by atoms with Gasteiger partial charge in [-0.05, 0) is 31.1 Å². The standard InChI is InChI=1S/C15H26N2O2/c1-8(2)13-15(18)17(14(16-13)9(3)4)11-7-10-5-6-12(11)19-10/h8-14,16H,5-7H2,1-4H3. The molecule has 4 nitrogen and oxygen atoms in total. The van der Waals surface area contributed by atoms with Crippen LogP contribution in [0, 0.1) is 11.8 Å². The van der Waals surface area contributed by atoms with Gasteiger partial charge in [-0.1, -0.05) is 27.7 Å². The molecule has 2 bridgehead atoms. The number of carbonyl (C=O) groups excluding carboxylic acids is 1. The summed E-state index contributed by atoms with van der Waals surface area (Å²) in [6, 6.07) is 0.279. The summed E-state index contributed by atoms with van der Waals surface area (Å²) < 4.78 is 5.95. The summed E-state index contributed by atoms with van der Waals surface area (Å²) in [6.07, 6.45) is 4.18. The maximum Gasteiger partial charge on any atom is 0.241 e. The van der Waals surface area contributed by atoms with Gasteiger partial charge in [0, 0.05) is 0 Å². The minimum atomic E-state index is -0.0217. The van der Waals surface area contributed by atoms with E-state index in [0.717, 1.165) is 12.8 Å². The molecule has 3 rings (SSSR count). The van der Waals surface area contributed by atoms with E-state index in [2.05, 4.69) is 37.9 Å². The number of rotatable bonds is 3. The maximum atomic E-state index is 12.7. The van der Waals surface area contributed by atoms with Crippen molar-refractivity contribution in [3.8, 4) is 0 Å². The van der Waals surface area contributed by atoms with Gasteiger partial charge >= 0.3 is 0 Å². The fourth-order valence-corrected chi connectivity index (χ4v) is 3.90. The Balaban J connectivity index is 1.83. The summed E-state index contributed by atoms with van der Waals surface area (Å²) in [7, 11) is 0. The van der Waals surface area contributed by atoms with Crippen molar-refractivity contribution in [2.75, 3.05) is 0 Å². The second kappa shape index (κ2) is 4.74. The number of carbonyl (C=O) groups is 1. The van der Waals surface area contributed by atoms with Gasteiger partial charge in [-0.15, -0.1) is 0 Å². The van der Waals surface area contributed by atoms with Crippen LogP contribution in [0.25, 0.3) is 0 Å². The van der Waals surface area contributed by atoms with Crippen LogP contribution in [0.1, 0.15) is 47.0 Å². The van der Waals surface area contributed by atoms with Gasteiger partial charge in [-0.3, -0.25) is 10.1 Å². The zero-order valence-electron chi connectivity index (χ0n) is 12.4. The monoisotopic (exact) mass is 266 g/mol. The van der Waals surface area contributed by atoms with E-state index in [1.165, 1.54) is 6.42 Å². The van der Waals surface area contributed by atoms with Crippen LogP contribution < -0.4 is 5.32 Å². The van der Waals surface area contributed by atoms with Gasteiger partial charge in [-0.2, -0.15) is 0 Å². The van der Waals surface area contributed by atoms with Gasteiger partial charge in [0.05, 0.1) is 30.5 Å². The van der Waals surface area contributed by atoms with Crippen LogP contribution in [0.2, 0.25) is 0 Å². The first-order valence-electron chi connectivity index (χ1n) is 7.72. The molecule has 0 aromatic carbocycles. The summed E-state index contributed by atoms with van der Waals surface area (Å²) in [5.41, 5.74) is 0. The highest BCUT2D eigenvalue weighted by Gasteiger charge is 2.51. The molecular formula is C15H26N2O2. The molecule has 3 aliphatic heterocycles. The summed E-state index contributed by atoms with van der Waals surface area (Å²) in [4.78, 5) is 14.9. The highest BCUT2D eigenvalue weighted by atomic mass is 16.5. The Labute approximate surface area is 115 Å². The first kappa shape index (κ1) is 13.4. The topological polar surface area (TPSA) is 41.6 Å². The molecule has 0 aromatic heterocycles. The molecule has 3 heterocycles. The Morgan fingerprint density at radius 3 is 2.42 bits per heavy atom. The maximum absolute atomic E-state index is 12.7. The Kier molecular flexibility index (Phi) is 3.34. The lowest BCUT2D eigenvalue weighted by Gasteiger charge is -2.35. The number of nitrogens with one attached hydrogen (secondary N) is 1. The van der Waals surface area contributed by atoms with Crippen LogP contribution in [0.5, 0.6) is 0 Å². The highest BCUT2D eigenvalue weighted by Crippen LogP contribution is 2.40. The third kappa shape index (κ3) is 2.09. The van der Waals surface area contributed by atoms with Crippen molar-refractivity contribution >= 4 is 5.91 Å². The Hall–Kier alpha value is -0.610. The molecule has 5 unspecified atom stereocenters. The second-order valence-electron chi connectivity index (χ2n) is 7.00. The molecule has 19 heavy (non-hydrogen) atoms. The normalized spacial score (nSPS) is 42.1. The van der Waals surface area contributed by atoms with Crippen molar-refractivity contribution in [1.29, 1.82) is 0 Å². The molecule has 0 spiro atoms. The van der Waals surface area contributed by atoms with E-state index in [-0.39, 0.29) is 24.2 Å². The number of amides is 1. The van der Waals surface area contributed by atoms with E-state index < -0.39 is 0 Å². The van der Waals surface area contributed by atoms with Crippen molar-refractivity contribution in [2.45, 2.75) is 77.4 Å². The average molecular weight is 266 g/mol. The van der Waals surface area contributed by atoms with Gasteiger partial charge in [0.15, 0.2) is 0 Å². The SMILES string of the molecule is CC(C)C1NC(C(C)C)N(C2CC3CCC2O3)C1=O. The first-order chi connectivity index (χ1) is 8.99. The molecule has 3 saturated heterocycles. The molecule has 3 aliphatic rings. The van der Waals surface area contributed by atoms with E-state index in [9.17, 15) is 4.79 Å². The molecular weight excluding hydrogens is 240 g/mol. The predicted molar refractivity (Wildman–Crippen MR) is 73.5 cm³/mol. The Bertz CT molecular complexity index is 369. The zero-order chi connectivity index (χ0) is 13.7. The second-order valence-corrected chi connectivity index (χ2v) is 7.00. The average Bonchev–Trinajstić information content (AvgIpc) is 3.00. The van der Waals surface area contributed by atoms with Crippen LogP contribution in [-0.4, -0.2) is 41.3 Å². The van der Waals surface area contributed by atoms with Crippen LogP contribution >= 0.6 is 0 Å². The molecule has 0 saturated carbocycles.